The van der Waals surface area contributed by atoms with Crippen LogP contribution in [-0.2, 0) is 10.2 Å². The molecular formula is C16H24N2O3. The molecule has 0 heterocycles. The third-order valence-corrected chi connectivity index (χ3v) is 2.65. The molecule has 1 aromatic carbocycles. The van der Waals surface area contributed by atoms with Crippen LogP contribution < -0.4 is 5.43 Å². The van der Waals surface area contributed by atoms with E-state index in [0.29, 0.717) is 5.56 Å². The molecule has 1 aromatic rings. The first-order valence-corrected chi connectivity index (χ1v) is 6.84. The van der Waals surface area contributed by atoms with Gasteiger partial charge in [0.1, 0.15) is 11.4 Å². The first kappa shape index (κ1) is 17.0. The van der Waals surface area contributed by atoms with Gasteiger partial charge in [-0.15, -0.1) is 0 Å². The summed E-state index contributed by atoms with van der Waals surface area (Å²) in [6.07, 6.45) is 0.763. The first-order chi connectivity index (χ1) is 9.49. The lowest BCUT2D eigenvalue weighted by Crippen LogP contribution is -2.29. The SMILES string of the molecule is CC(C)(C)OC(=O)NN=Cc1cc(C(C)(C)C)ccc1O. The lowest BCUT2D eigenvalue weighted by atomic mass is 9.86. The fraction of sp³-hybridized carbons (Fsp3) is 0.500. The van der Waals surface area contributed by atoms with E-state index in [-0.39, 0.29) is 11.2 Å². The van der Waals surface area contributed by atoms with Gasteiger partial charge in [0, 0.05) is 5.56 Å². The van der Waals surface area contributed by atoms with Crippen LogP contribution in [0.25, 0.3) is 0 Å². The molecular weight excluding hydrogens is 268 g/mol. The molecule has 0 fully saturated rings. The summed E-state index contributed by atoms with van der Waals surface area (Å²) in [5, 5.41) is 13.6. The van der Waals surface area contributed by atoms with Crippen molar-refractivity contribution < 1.29 is 14.6 Å². The number of nitrogens with one attached hydrogen (secondary N) is 1. The van der Waals surface area contributed by atoms with Crippen LogP contribution in [0.3, 0.4) is 0 Å². The van der Waals surface area contributed by atoms with Crippen molar-refractivity contribution in [3.8, 4) is 5.75 Å². The minimum Gasteiger partial charge on any atom is -0.507 e. The quantitative estimate of drug-likeness (QED) is 0.647. The van der Waals surface area contributed by atoms with Crippen molar-refractivity contribution in [1.82, 2.24) is 5.43 Å². The monoisotopic (exact) mass is 292 g/mol. The Morgan fingerprint density at radius 3 is 2.38 bits per heavy atom. The summed E-state index contributed by atoms with van der Waals surface area (Å²) in [5.41, 5.74) is 3.27. The lowest BCUT2D eigenvalue weighted by Gasteiger charge is -2.19. The number of amides is 1. The largest absolute Gasteiger partial charge is 0.507 e. The number of phenols is 1. The number of benzene rings is 1. The van der Waals surface area contributed by atoms with Crippen LogP contribution in [0.15, 0.2) is 23.3 Å². The Kier molecular flexibility index (Phi) is 4.99. The summed E-state index contributed by atoms with van der Waals surface area (Å²) >= 11 is 0. The molecule has 5 heteroatoms. The van der Waals surface area contributed by atoms with Crippen LogP contribution in [-0.4, -0.2) is 23.0 Å². The number of ether oxygens (including phenoxy) is 1. The second-order valence-electron chi connectivity index (χ2n) is 6.90. The predicted octanol–water partition coefficient (Wildman–Crippen LogP) is 3.55. The Bertz CT molecular complexity index is 537. The number of carbonyl (C=O) groups is 1. The van der Waals surface area contributed by atoms with E-state index in [1.165, 1.54) is 6.21 Å². The van der Waals surface area contributed by atoms with Crippen molar-refractivity contribution in [1.29, 1.82) is 0 Å². The van der Waals surface area contributed by atoms with Gasteiger partial charge in [0.2, 0.25) is 0 Å². The van der Waals surface area contributed by atoms with E-state index < -0.39 is 11.7 Å². The molecule has 0 radical (unpaired) electrons. The zero-order valence-corrected chi connectivity index (χ0v) is 13.5. The Hall–Kier alpha value is -2.04. The van der Waals surface area contributed by atoms with Crippen LogP contribution >= 0.6 is 0 Å². The maximum absolute atomic E-state index is 11.5. The van der Waals surface area contributed by atoms with Crippen molar-refractivity contribution in [2.75, 3.05) is 0 Å². The van der Waals surface area contributed by atoms with Crippen LogP contribution in [0.5, 0.6) is 5.75 Å². The van der Waals surface area contributed by atoms with Gasteiger partial charge in [-0.1, -0.05) is 26.8 Å². The Labute approximate surface area is 126 Å². The number of hydrogen-bond acceptors (Lipinski definition) is 4. The molecule has 0 aliphatic heterocycles. The van der Waals surface area contributed by atoms with Crippen molar-refractivity contribution in [2.45, 2.75) is 52.6 Å². The van der Waals surface area contributed by atoms with Crippen molar-refractivity contribution in [2.24, 2.45) is 5.10 Å². The van der Waals surface area contributed by atoms with Crippen LogP contribution in [0.2, 0.25) is 0 Å². The van der Waals surface area contributed by atoms with Gasteiger partial charge < -0.3 is 9.84 Å². The van der Waals surface area contributed by atoms with Crippen molar-refractivity contribution >= 4 is 12.3 Å². The Morgan fingerprint density at radius 1 is 1.24 bits per heavy atom. The Balaban J connectivity index is 2.79. The fourth-order valence-electron chi connectivity index (χ4n) is 1.58. The number of hydrogen-bond donors (Lipinski definition) is 2. The summed E-state index contributed by atoms with van der Waals surface area (Å²) in [7, 11) is 0. The van der Waals surface area contributed by atoms with Gasteiger partial charge in [0.25, 0.3) is 0 Å². The van der Waals surface area contributed by atoms with Gasteiger partial charge in [-0.25, -0.2) is 10.2 Å². The van der Waals surface area contributed by atoms with Gasteiger partial charge in [-0.3, -0.25) is 0 Å². The molecule has 0 aliphatic carbocycles. The van der Waals surface area contributed by atoms with E-state index >= 15 is 0 Å². The summed E-state index contributed by atoms with van der Waals surface area (Å²) in [4.78, 5) is 11.5. The Morgan fingerprint density at radius 2 is 1.86 bits per heavy atom. The second-order valence-corrected chi connectivity index (χ2v) is 6.90. The lowest BCUT2D eigenvalue weighted by molar-refractivity contribution is 0.0529. The summed E-state index contributed by atoms with van der Waals surface area (Å²) in [5.74, 6) is 0.109. The minimum atomic E-state index is -0.634. The molecule has 0 unspecified atom stereocenters. The first-order valence-electron chi connectivity index (χ1n) is 6.84. The van der Waals surface area contributed by atoms with E-state index in [2.05, 4.69) is 31.3 Å². The molecule has 5 nitrogen and oxygen atoms in total. The third-order valence-electron chi connectivity index (χ3n) is 2.65. The average molecular weight is 292 g/mol. The zero-order chi connectivity index (χ0) is 16.3. The zero-order valence-electron chi connectivity index (χ0n) is 13.5. The smallest absolute Gasteiger partial charge is 0.428 e. The topological polar surface area (TPSA) is 70.9 Å². The minimum absolute atomic E-state index is 0.0329. The molecule has 0 aliphatic rings. The van der Waals surface area contributed by atoms with Gasteiger partial charge >= 0.3 is 6.09 Å². The molecule has 0 aromatic heterocycles. The number of carbonyl (C=O) groups excluding carboxylic acids is 1. The molecule has 0 atom stereocenters. The summed E-state index contributed by atoms with van der Waals surface area (Å²) in [6, 6.07) is 5.33. The molecule has 0 saturated heterocycles. The summed E-state index contributed by atoms with van der Waals surface area (Å²) < 4.78 is 5.06. The predicted molar refractivity (Wildman–Crippen MR) is 83.8 cm³/mol. The highest BCUT2D eigenvalue weighted by atomic mass is 16.6. The summed E-state index contributed by atoms with van der Waals surface area (Å²) in [6.45, 7) is 11.6. The molecule has 116 valence electrons. The van der Waals surface area contributed by atoms with E-state index in [1.54, 1.807) is 26.8 Å². The number of aromatic hydroxyl groups is 1. The van der Waals surface area contributed by atoms with Crippen LogP contribution in [0.1, 0.15) is 52.7 Å². The number of nitrogens with zero attached hydrogens (tertiary/aromatic N) is 1. The van der Waals surface area contributed by atoms with Crippen molar-refractivity contribution in [3.05, 3.63) is 29.3 Å². The van der Waals surface area contributed by atoms with Gasteiger partial charge in [-0.2, -0.15) is 5.10 Å². The van der Waals surface area contributed by atoms with Gasteiger partial charge in [-0.05, 0) is 43.9 Å². The molecule has 1 amide bonds. The van der Waals surface area contributed by atoms with Gasteiger partial charge in [0.15, 0.2) is 0 Å². The van der Waals surface area contributed by atoms with E-state index in [0.717, 1.165) is 5.56 Å². The van der Waals surface area contributed by atoms with Gasteiger partial charge in [0.05, 0.1) is 6.21 Å². The van der Waals surface area contributed by atoms with Crippen molar-refractivity contribution in [3.63, 3.8) is 0 Å². The number of rotatable bonds is 2. The highest BCUT2D eigenvalue weighted by molar-refractivity contribution is 5.84. The molecule has 2 N–H and O–H groups in total. The number of hydrazone groups is 1. The average Bonchev–Trinajstić information content (AvgIpc) is 2.27. The molecule has 21 heavy (non-hydrogen) atoms. The molecule has 0 bridgehead atoms. The maximum Gasteiger partial charge on any atom is 0.428 e. The second kappa shape index (κ2) is 6.16. The standard InChI is InChI=1S/C16H24N2O3/c1-15(2,3)12-7-8-13(19)11(9-12)10-17-18-14(20)21-16(4,5)6/h7-10,19H,1-6H3,(H,18,20). The van der Waals surface area contributed by atoms with Crippen LogP contribution in [0, 0.1) is 0 Å². The highest BCUT2D eigenvalue weighted by Crippen LogP contribution is 2.26. The van der Waals surface area contributed by atoms with Crippen LogP contribution in [0.4, 0.5) is 4.79 Å². The maximum atomic E-state index is 11.5. The fourth-order valence-corrected chi connectivity index (χ4v) is 1.58. The molecule has 1 rings (SSSR count). The third kappa shape index (κ3) is 5.85. The normalized spacial score (nSPS) is 12.5. The molecule has 0 spiro atoms. The highest BCUT2D eigenvalue weighted by Gasteiger charge is 2.16. The van der Waals surface area contributed by atoms with E-state index in [9.17, 15) is 9.90 Å². The molecule has 0 saturated carbocycles. The number of phenolic OH excluding ortho intramolecular Hbond substituents is 1. The van der Waals surface area contributed by atoms with E-state index in [4.69, 9.17) is 4.74 Å². The van der Waals surface area contributed by atoms with E-state index in [1.807, 2.05) is 12.1 Å².